The minimum Gasteiger partial charge on any atom is -0.0622 e. The summed E-state index contributed by atoms with van der Waals surface area (Å²) in [4.78, 5) is 0. The van der Waals surface area contributed by atoms with Crippen LogP contribution in [0, 0.1) is 13.8 Å². The van der Waals surface area contributed by atoms with E-state index in [1.807, 2.05) is 6.07 Å². The molecule has 0 aliphatic rings. The maximum absolute atomic E-state index is 2.26. The van der Waals surface area contributed by atoms with Crippen LogP contribution in [0.2, 0.25) is 0 Å². The third-order valence-corrected chi connectivity index (χ3v) is 5.20. The van der Waals surface area contributed by atoms with E-state index in [2.05, 4.69) is 117 Å². The Balaban J connectivity index is 0.000000139. The lowest BCUT2D eigenvalue weighted by Crippen LogP contribution is -1.81. The third kappa shape index (κ3) is 3.68. The Morgan fingerprint density at radius 3 is 1.75 bits per heavy atom. The van der Waals surface area contributed by atoms with Gasteiger partial charge in [-0.05, 0) is 57.6 Å². The molecule has 0 aromatic heterocycles. The van der Waals surface area contributed by atoms with Crippen molar-refractivity contribution in [3.05, 3.63) is 120 Å². The molecule has 0 atom stereocenters. The van der Waals surface area contributed by atoms with Gasteiger partial charge in [-0.2, -0.15) is 0 Å². The van der Waals surface area contributed by atoms with Crippen molar-refractivity contribution < 1.29 is 0 Å². The van der Waals surface area contributed by atoms with Crippen molar-refractivity contribution in [3.63, 3.8) is 0 Å². The van der Waals surface area contributed by atoms with Gasteiger partial charge in [-0.25, -0.2) is 0 Å². The number of hydrogen-bond acceptors (Lipinski definition) is 0. The van der Waals surface area contributed by atoms with E-state index in [1.165, 1.54) is 43.8 Å². The lowest BCUT2D eigenvalue weighted by atomic mass is 9.98. The minimum absolute atomic E-state index is 1.29. The molecule has 0 radical (unpaired) electrons. The second-order valence-corrected chi connectivity index (χ2v) is 7.14. The van der Waals surface area contributed by atoms with Crippen LogP contribution in [0.3, 0.4) is 0 Å². The molecule has 0 aliphatic carbocycles. The highest BCUT2D eigenvalue weighted by Gasteiger charge is 2.01. The summed E-state index contributed by atoms with van der Waals surface area (Å²) in [5.41, 5.74) is 5.29. The Hall–Kier alpha value is -3.38. The summed E-state index contributed by atoms with van der Waals surface area (Å²) in [5.74, 6) is 0. The van der Waals surface area contributed by atoms with Gasteiger partial charge >= 0.3 is 0 Å². The number of aryl methyl sites for hydroxylation is 2. The lowest BCUT2D eigenvalue weighted by Gasteiger charge is -2.06. The van der Waals surface area contributed by atoms with E-state index >= 15 is 0 Å². The van der Waals surface area contributed by atoms with Crippen molar-refractivity contribution in [2.24, 2.45) is 0 Å². The van der Waals surface area contributed by atoms with Gasteiger partial charge in [0.25, 0.3) is 0 Å². The predicted molar refractivity (Wildman–Crippen MR) is 123 cm³/mol. The summed E-state index contributed by atoms with van der Waals surface area (Å²) in [6.07, 6.45) is 0. The summed E-state index contributed by atoms with van der Waals surface area (Å²) >= 11 is 0. The Morgan fingerprint density at radius 1 is 0.429 bits per heavy atom. The second kappa shape index (κ2) is 8.10. The van der Waals surface area contributed by atoms with Crippen LogP contribution in [-0.4, -0.2) is 0 Å². The van der Waals surface area contributed by atoms with Gasteiger partial charge in [-0.3, -0.25) is 0 Å². The van der Waals surface area contributed by atoms with Crippen molar-refractivity contribution >= 4 is 21.5 Å². The fraction of sp³-hybridized carbons (Fsp3) is 0.0714. The first-order chi connectivity index (χ1) is 13.7. The molecular weight excluding hydrogens is 336 g/mol. The zero-order valence-corrected chi connectivity index (χ0v) is 16.4. The van der Waals surface area contributed by atoms with Gasteiger partial charge in [0.2, 0.25) is 0 Å². The second-order valence-electron chi connectivity index (χ2n) is 7.14. The number of rotatable bonds is 1. The molecule has 5 aromatic carbocycles. The van der Waals surface area contributed by atoms with Gasteiger partial charge in [0.05, 0.1) is 0 Å². The number of fused-ring (bicyclic) bond motifs is 3. The van der Waals surface area contributed by atoms with E-state index in [1.54, 1.807) is 0 Å². The van der Waals surface area contributed by atoms with Crippen LogP contribution in [0.5, 0.6) is 0 Å². The highest BCUT2D eigenvalue weighted by atomic mass is 14.1. The van der Waals surface area contributed by atoms with Crippen LogP contribution >= 0.6 is 0 Å². The number of hydrogen-bond donors (Lipinski definition) is 0. The molecule has 0 amide bonds. The molecule has 0 saturated carbocycles. The van der Waals surface area contributed by atoms with Crippen molar-refractivity contribution in [1.29, 1.82) is 0 Å². The smallest absolute Gasteiger partial charge is 0.0103 e. The highest BCUT2D eigenvalue weighted by Crippen LogP contribution is 2.27. The first-order valence-electron chi connectivity index (χ1n) is 9.72. The van der Waals surface area contributed by atoms with E-state index in [9.17, 15) is 0 Å². The molecule has 136 valence electrons. The monoisotopic (exact) mass is 360 g/mol. The van der Waals surface area contributed by atoms with E-state index in [0.29, 0.717) is 0 Å². The molecule has 0 saturated heterocycles. The van der Waals surface area contributed by atoms with Crippen LogP contribution in [0.4, 0.5) is 0 Å². The number of benzene rings is 5. The van der Waals surface area contributed by atoms with E-state index < -0.39 is 0 Å². The molecule has 0 unspecified atom stereocenters. The fourth-order valence-corrected chi connectivity index (χ4v) is 3.76. The van der Waals surface area contributed by atoms with Crippen molar-refractivity contribution in [1.82, 2.24) is 0 Å². The topological polar surface area (TPSA) is 0 Å². The van der Waals surface area contributed by atoms with Crippen LogP contribution in [0.1, 0.15) is 11.1 Å². The lowest BCUT2D eigenvalue weighted by molar-refractivity contribution is 1.46. The van der Waals surface area contributed by atoms with E-state index in [0.717, 1.165) is 0 Å². The Bertz CT molecular complexity index is 1220. The summed E-state index contributed by atoms with van der Waals surface area (Å²) in [7, 11) is 0. The molecule has 0 aliphatic heterocycles. The highest BCUT2D eigenvalue weighted by molar-refractivity contribution is 6.08. The molecule has 28 heavy (non-hydrogen) atoms. The maximum atomic E-state index is 2.26. The quantitative estimate of drug-likeness (QED) is 0.266. The third-order valence-electron chi connectivity index (χ3n) is 5.20. The molecule has 0 spiro atoms. The molecule has 5 rings (SSSR count). The standard InChI is InChI=1S/C15H12.C13H12/c1-11-10-12-6-2-3-8-14(12)15-9-5-4-7-13(11)15;1-11-7-5-6-10-13(11)12-8-3-2-4-9-12/h2-10H,1H3;2-10H,1H3. The normalized spacial score (nSPS) is 10.5. The molecule has 5 aromatic rings. The van der Waals surface area contributed by atoms with Crippen molar-refractivity contribution in [2.45, 2.75) is 13.8 Å². The Morgan fingerprint density at radius 2 is 1.00 bits per heavy atom. The predicted octanol–water partition coefficient (Wildman–Crippen LogP) is 7.96. The molecular formula is C28H24. The fourth-order valence-electron chi connectivity index (χ4n) is 3.76. The van der Waals surface area contributed by atoms with Crippen molar-refractivity contribution in [3.8, 4) is 11.1 Å². The van der Waals surface area contributed by atoms with E-state index in [4.69, 9.17) is 0 Å². The molecule has 0 heteroatoms. The molecule has 0 heterocycles. The summed E-state index contributed by atoms with van der Waals surface area (Å²) in [6, 6.07) is 38.3. The zero-order chi connectivity index (χ0) is 19.3. The average molecular weight is 361 g/mol. The minimum atomic E-state index is 1.29. The molecule has 0 fully saturated rings. The van der Waals surface area contributed by atoms with E-state index in [-0.39, 0.29) is 0 Å². The summed E-state index contributed by atoms with van der Waals surface area (Å²) < 4.78 is 0. The van der Waals surface area contributed by atoms with Crippen LogP contribution in [-0.2, 0) is 0 Å². The van der Waals surface area contributed by atoms with Gasteiger partial charge in [-0.1, -0.05) is 109 Å². The Kier molecular flexibility index (Phi) is 5.21. The SMILES string of the molecule is Cc1cc2ccccc2c2ccccc12.Cc1ccccc1-c1ccccc1. The average Bonchev–Trinajstić information content (AvgIpc) is 2.75. The first kappa shape index (κ1) is 18.0. The van der Waals surface area contributed by atoms with Gasteiger partial charge in [0, 0.05) is 0 Å². The molecule has 0 N–H and O–H groups in total. The van der Waals surface area contributed by atoms with Crippen LogP contribution in [0.15, 0.2) is 109 Å². The Labute approximate surface area is 167 Å². The zero-order valence-electron chi connectivity index (χ0n) is 16.4. The van der Waals surface area contributed by atoms with Crippen LogP contribution < -0.4 is 0 Å². The van der Waals surface area contributed by atoms with Gasteiger partial charge in [0.1, 0.15) is 0 Å². The molecule has 0 nitrogen and oxygen atoms in total. The maximum Gasteiger partial charge on any atom is -0.0103 e. The van der Waals surface area contributed by atoms with Gasteiger partial charge in [0.15, 0.2) is 0 Å². The van der Waals surface area contributed by atoms with Gasteiger partial charge < -0.3 is 0 Å². The summed E-state index contributed by atoms with van der Waals surface area (Å²) in [5, 5.41) is 5.39. The largest absolute Gasteiger partial charge is 0.0622 e. The first-order valence-corrected chi connectivity index (χ1v) is 9.72. The summed E-state index contributed by atoms with van der Waals surface area (Å²) in [6.45, 7) is 4.32. The van der Waals surface area contributed by atoms with Gasteiger partial charge in [-0.15, -0.1) is 0 Å². The van der Waals surface area contributed by atoms with Crippen molar-refractivity contribution in [2.75, 3.05) is 0 Å². The van der Waals surface area contributed by atoms with Crippen LogP contribution in [0.25, 0.3) is 32.7 Å². The molecule has 0 bridgehead atoms.